The Morgan fingerprint density at radius 3 is 2.64 bits per heavy atom. The van der Waals surface area contributed by atoms with E-state index >= 15 is 0 Å². The lowest BCUT2D eigenvalue weighted by atomic mass is 10.1. The normalized spacial score (nSPS) is 17.7. The van der Waals surface area contributed by atoms with Crippen molar-refractivity contribution >= 4 is 23.2 Å². The van der Waals surface area contributed by atoms with Crippen LogP contribution in [-0.4, -0.2) is 36.3 Å². The van der Waals surface area contributed by atoms with Crippen molar-refractivity contribution in [3.63, 3.8) is 0 Å². The zero-order valence-corrected chi connectivity index (χ0v) is 17.5. The summed E-state index contributed by atoms with van der Waals surface area (Å²) in [6, 6.07) is 12.1. The lowest BCUT2D eigenvalue weighted by Crippen LogP contribution is -2.15. The van der Waals surface area contributed by atoms with E-state index in [1.807, 2.05) is 12.1 Å². The van der Waals surface area contributed by atoms with Crippen LogP contribution in [0.4, 0.5) is 18.9 Å². The first kappa shape index (κ1) is 21.1. The fourth-order valence-electron chi connectivity index (χ4n) is 3.68. The summed E-state index contributed by atoms with van der Waals surface area (Å²) in [7, 11) is 0. The number of alkyl halides is 3. The van der Waals surface area contributed by atoms with Gasteiger partial charge < -0.3 is 5.32 Å². The number of nitrogens with zero attached hydrogens (tertiary/aromatic N) is 5. The molecule has 0 aliphatic heterocycles. The van der Waals surface area contributed by atoms with Crippen LogP contribution in [0.2, 0.25) is 5.02 Å². The van der Waals surface area contributed by atoms with Gasteiger partial charge in [-0.15, -0.1) is 5.10 Å². The van der Waals surface area contributed by atoms with Gasteiger partial charge >= 0.3 is 6.18 Å². The van der Waals surface area contributed by atoms with E-state index in [4.69, 9.17) is 11.6 Å². The third-order valence-corrected chi connectivity index (χ3v) is 5.70. The minimum atomic E-state index is -4.52. The number of anilines is 1. The Kier molecular flexibility index (Phi) is 5.12. The van der Waals surface area contributed by atoms with Crippen LogP contribution in [0.5, 0.6) is 0 Å². The van der Waals surface area contributed by atoms with Crippen molar-refractivity contribution in [2.24, 2.45) is 5.92 Å². The molecule has 12 heteroatoms. The molecule has 0 bridgehead atoms. The van der Waals surface area contributed by atoms with Gasteiger partial charge in [0.1, 0.15) is 0 Å². The lowest BCUT2D eigenvalue weighted by Gasteiger charge is -2.11. The molecule has 1 aliphatic carbocycles. The molecule has 1 saturated carbocycles. The lowest BCUT2D eigenvalue weighted by molar-refractivity contribution is -0.137. The Labute approximate surface area is 189 Å². The number of carbonyl (C=O) groups is 1. The summed E-state index contributed by atoms with van der Waals surface area (Å²) in [5.74, 6) is 0.00414. The number of aromatic nitrogens is 6. The largest absolute Gasteiger partial charge is 0.419 e. The summed E-state index contributed by atoms with van der Waals surface area (Å²) in [4.78, 5) is 12.8. The Balaban J connectivity index is 1.39. The van der Waals surface area contributed by atoms with Crippen molar-refractivity contribution in [2.45, 2.75) is 18.5 Å². The van der Waals surface area contributed by atoms with Crippen LogP contribution in [0, 0.1) is 5.92 Å². The quantitative estimate of drug-likeness (QED) is 0.445. The number of amides is 1. The fourth-order valence-corrected chi connectivity index (χ4v) is 3.80. The van der Waals surface area contributed by atoms with Crippen molar-refractivity contribution in [1.29, 1.82) is 0 Å². The topological polar surface area (TPSA) is 101 Å². The highest BCUT2D eigenvalue weighted by molar-refractivity contribution is 6.30. The molecule has 33 heavy (non-hydrogen) atoms. The minimum absolute atomic E-state index is 0.115. The van der Waals surface area contributed by atoms with Crippen LogP contribution in [0.15, 0.2) is 54.9 Å². The molecule has 0 spiro atoms. The van der Waals surface area contributed by atoms with Crippen molar-refractivity contribution < 1.29 is 18.0 Å². The second-order valence-electron chi connectivity index (χ2n) is 7.64. The Morgan fingerprint density at radius 1 is 1.18 bits per heavy atom. The van der Waals surface area contributed by atoms with Gasteiger partial charge in [-0.2, -0.15) is 18.3 Å². The molecule has 2 unspecified atom stereocenters. The van der Waals surface area contributed by atoms with E-state index < -0.39 is 11.7 Å². The second-order valence-corrected chi connectivity index (χ2v) is 8.08. The maximum atomic E-state index is 13.0. The number of aromatic amines is 1. The van der Waals surface area contributed by atoms with Crippen molar-refractivity contribution in [1.82, 2.24) is 30.4 Å². The zero-order valence-electron chi connectivity index (χ0n) is 16.7. The van der Waals surface area contributed by atoms with E-state index in [0.717, 1.165) is 29.1 Å². The molecule has 0 saturated heterocycles. The van der Waals surface area contributed by atoms with Gasteiger partial charge in [0.05, 0.1) is 17.4 Å². The number of nitrogens with one attached hydrogen (secondary N) is 2. The first-order valence-electron chi connectivity index (χ1n) is 9.86. The maximum absolute atomic E-state index is 13.0. The van der Waals surface area contributed by atoms with Gasteiger partial charge in [-0.3, -0.25) is 4.79 Å². The number of H-pyrrole nitrogens is 1. The van der Waals surface area contributed by atoms with Crippen molar-refractivity contribution in [2.75, 3.05) is 5.32 Å². The Hall–Kier alpha value is -3.73. The molecular formula is C21H15ClF3N7O. The van der Waals surface area contributed by atoms with E-state index in [1.165, 1.54) is 0 Å². The average Bonchev–Trinajstić information content (AvgIpc) is 3.16. The molecule has 168 valence electrons. The molecular weight excluding hydrogens is 459 g/mol. The van der Waals surface area contributed by atoms with Crippen molar-refractivity contribution in [3.05, 3.63) is 71.0 Å². The van der Waals surface area contributed by atoms with E-state index in [0.29, 0.717) is 22.0 Å². The van der Waals surface area contributed by atoms with Crippen LogP contribution < -0.4 is 5.32 Å². The van der Waals surface area contributed by atoms with E-state index in [9.17, 15) is 18.0 Å². The monoisotopic (exact) mass is 473 g/mol. The van der Waals surface area contributed by atoms with Gasteiger partial charge in [0.2, 0.25) is 5.91 Å². The highest BCUT2D eigenvalue weighted by Gasteiger charge is 2.44. The molecule has 0 radical (unpaired) electrons. The third kappa shape index (κ3) is 4.31. The molecule has 2 aromatic carbocycles. The fraction of sp³-hybridized carbons (Fsp3) is 0.190. The number of tetrazole rings is 1. The van der Waals surface area contributed by atoms with Gasteiger partial charge in [0.25, 0.3) is 0 Å². The first-order valence-corrected chi connectivity index (χ1v) is 10.2. The zero-order chi connectivity index (χ0) is 23.2. The highest BCUT2D eigenvalue weighted by atomic mass is 35.5. The molecule has 8 nitrogen and oxygen atoms in total. The maximum Gasteiger partial charge on any atom is 0.419 e. The van der Waals surface area contributed by atoms with Gasteiger partial charge in [-0.05, 0) is 58.7 Å². The molecule has 2 N–H and O–H groups in total. The molecule has 2 atom stereocenters. The molecule has 2 aromatic heterocycles. The van der Waals surface area contributed by atoms with Gasteiger partial charge in [-0.25, -0.2) is 9.78 Å². The van der Waals surface area contributed by atoms with Crippen LogP contribution in [0.3, 0.4) is 0 Å². The summed E-state index contributed by atoms with van der Waals surface area (Å²) >= 11 is 5.92. The predicted octanol–water partition coefficient (Wildman–Crippen LogP) is 4.47. The van der Waals surface area contributed by atoms with E-state index in [-0.39, 0.29) is 23.6 Å². The molecule has 5 rings (SSSR count). The smallest absolute Gasteiger partial charge is 0.326 e. The number of halogens is 4. The number of rotatable bonds is 5. The summed E-state index contributed by atoms with van der Waals surface area (Å²) < 4.78 is 40.1. The van der Waals surface area contributed by atoms with Gasteiger partial charge in [0, 0.05) is 28.4 Å². The van der Waals surface area contributed by atoms with E-state index in [1.54, 1.807) is 30.3 Å². The van der Waals surface area contributed by atoms with Crippen LogP contribution >= 0.6 is 11.6 Å². The van der Waals surface area contributed by atoms with Gasteiger partial charge in [-0.1, -0.05) is 23.7 Å². The molecule has 1 aliphatic rings. The Bertz CT molecular complexity index is 1300. The van der Waals surface area contributed by atoms with Crippen LogP contribution in [0.25, 0.3) is 17.1 Å². The highest BCUT2D eigenvalue weighted by Crippen LogP contribution is 2.48. The number of hydrogen-bond donors (Lipinski definition) is 2. The summed E-state index contributed by atoms with van der Waals surface area (Å²) in [6.07, 6.45) is -2.19. The van der Waals surface area contributed by atoms with Crippen LogP contribution in [-0.2, 0) is 11.0 Å². The predicted molar refractivity (Wildman–Crippen MR) is 113 cm³/mol. The minimum Gasteiger partial charge on any atom is -0.326 e. The molecule has 1 amide bonds. The Morgan fingerprint density at radius 2 is 1.97 bits per heavy atom. The number of hydrogen-bond acceptors (Lipinski definition) is 5. The van der Waals surface area contributed by atoms with E-state index in [2.05, 4.69) is 31.0 Å². The van der Waals surface area contributed by atoms with Gasteiger partial charge in [0.15, 0.2) is 5.82 Å². The average molecular weight is 474 g/mol. The second kappa shape index (κ2) is 8.00. The molecule has 1 fully saturated rings. The van der Waals surface area contributed by atoms with Crippen molar-refractivity contribution in [3.8, 4) is 17.1 Å². The summed E-state index contributed by atoms with van der Waals surface area (Å²) in [5.41, 5.74) is 1.30. The standard InChI is InChI=1S/C21H15ClF3N7O/c22-13-3-1-11(2-4-13)15-8-16(15)20(33)27-14-5-6-18(17(7-14)19-28-30-31-29-19)32-10-12(9-26-32)21(23,24)25/h1-7,9-10,15-16H,8H2,(H,27,33)(H,28,29,30,31). The number of benzene rings is 2. The SMILES string of the molecule is O=C(Nc1ccc(-n2cc(C(F)(F)F)cn2)c(-c2nnn[nH]2)c1)C1CC1c1ccc(Cl)cc1. The van der Waals surface area contributed by atoms with Crippen LogP contribution in [0.1, 0.15) is 23.5 Å². The molecule has 4 aromatic rings. The molecule has 2 heterocycles. The summed E-state index contributed by atoms with van der Waals surface area (Å²) in [5, 5.41) is 20.8. The number of carbonyl (C=O) groups excluding carboxylic acids is 1. The first-order chi connectivity index (χ1) is 15.8. The summed E-state index contributed by atoms with van der Waals surface area (Å²) in [6.45, 7) is 0. The third-order valence-electron chi connectivity index (χ3n) is 5.45.